The first-order chi connectivity index (χ1) is 17.0. The van der Waals surface area contributed by atoms with Crippen molar-refractivity contribution in [2.75, 3.05) is 11.6 Å². The van der Waals surface area contributed by atoms with Crippen molar-refractivity contribution < 1.29 is 19.2 Å². The molecule has 2 rings (SSSR count). The average molecular weight is 546 g/mol. The van der Waals surface area contributed by atoms with Crippen molar-refractivity contribution in [3.05, 3.63) is 64.1 Å². The van der Waals surface area contributed by atoms with Crippen molar-refractivity contribution in [3.8, 4) is 0 Å². The van der Waals surface area contributed by atoms with E-state index in [4.69, 9.17) is 4.84 Å². The van der Waals surface area contributed by atoms with Crippen LogP contribution in [0.5, 0.6) is 0 Å². The highest BCUT2D eigenvalue weighted by atomic mass is 79.9. The number of benzene rings is 2. The topological polar surface area (TPSA) is 75.7 Å². The Hall–Kier alpha value is -2.67. The molecule has 0 heterocycles. The van der Waals surface area contributed by atoms with E-state index in [-0.39, 0.29) is 18.7 Å². The van der Waals surface area contributed by atoms with Crippen LogP contribution in [0.3, 0.4) is 0 Å². The van der Waals surface area contributed by atoms with Crippen LogP contribution in [-0.2, 0) is 21.0 Å². The Morgan fingerprint density at radius 2 is 1.43 bits per heavy atom. The van der Waals surface area contributed by atoms with E-state index in [1.54, 1.807) is 24.3 Å². The second-order valence-electron chi connectivity index (χ2n) is 8.68. The molecule has 0 saturated heterocycles. The first-order valence-electron chi connectivity index (χ1n) is 12.6. The van der Waals surface area contributed by atoms with Crippen LogP contribution in [0.4, 0.5) is 5.69 Å². The maximum absolute atomic E-state index is 12.4. The highest BCUT2D eigenvalue weighted by molar-refractivity contribution is 9.10. The number of halogens is 1. The fourth-order valence-corrected chi connectivity index (χ4v) is 4.02. The van der Waals surface area contributed by atoms with Crippen molar-refractivity contribution in [1.82, 2.24) is 5.32 Å². The van der Waals surface area contributed by atoms with Gasteiger partial charge in [-0.2, -0.15) is 0 Å². The average Bonchev–Trinajstić information content (AvgIpc) is 2.87. The maximum Gasteiger partial charge on any atom is 0.395 e. The van der Waals surface area contributed by atoms with Gasteiger partial charge in [-0.1, -0.05) is 92.8 Å². The molecule has 0 atom stereocenters. The van der Waals surface area contributed by atoms with Gasteiger partial charge in [-0.05, 0) is 48.4 Å². The number of unbranched alkanes of at least 4 members (excludes halogenated alkanes) is 9. The lowest BCUT2D eigenvalue weighted by atomic mass is 10.1. The van der Waals surface area contributed by atoms with Gasteiger partial charge < -0.3 is 10.2 Å². The van der Waals surface area contributed by atoms with Gasteiger partial charge in [-0.3, -0.25) is 9.59 Å². The Morgan fingerprint density at radius 3 is 2.00 bits per heavy atom. The van der Waals surface area contributed by atoms with Crippen LogP contribution in [-0.4, -0.2) is 24.7 Å². The number of aldehydes is 1. The minimum Gasteiger partial charge on any atom is -0.352 e. The van der Waals surface area contributed by atoms with E-state index < -0.39 is 5.97 Å². The smallest absolute Gasteiger partial charge is 0.352 e. The van der Waals surface area contributed by atoms with Crippen LogP contribution in [0.15, 0.2) is 53.0 Å². The third-order valence-corrected chi connectivity index (χ3v) is 6.30. The van der Waals surface area contributed by atoms with Crippen LogP contribution >= 0.6 is 15.9 Å². The quantitative estimate of drug-likeness (QED) is 0.103. The minimum atomic E-state index is -0.976. The second-order valence-corrected chi connectivity index (χ2v) is 9.59. The van der Waals surface area contributed by atoms with Crippen LogP contribution in [0.25, 0.3) is 0 Å². The standard InChI is InChI=1S/C28H37BrN2O4/c1-2-3-4-5-6-7-8-9-10-11-20-30-28(34)24-14-12-23(13-15-24)21-31(35-27(33)22-32)26-18-16-25(29)17-19-26/h12-19,22H,2-11,20-21H2,1H3,(H,30,34). The van der Waals surface area contributed by atoms with Crippen molar-refractivity contribution in [2.24, 2.45) is 0 Å². The zero-order chi connectivity index (χ0) is 25.3. The first kappa shape index (κ1) is 28.6. The summed E-state index contributed by atoms with van der Waals surface area (Å²) < 4.78 is 0.885. The zero-order valence-electron chi connectivity index (χ0n) is 20.6. The van der Waals surface area contributed by atoms with E-state index in [2.05, 4.69) is 28.2 Å². The monoisotopic (exact) mass is 544 g/mol. The number of anilines is 1. The number of hydroxylamine groups is 1. The summed E-state index contributed by atoms with van der Waals surface area (Å²) in [4.78, 5) is 39.9. The molecule has 0 aliphatic heterocycles. The summed E-state index contributed by atoms with van der Waals surface area (Å²) in [7, 11) is 0. The molecule has 0 aromatic heterocycles. The minimum absolute atomic E-state index is 0.0929. The summed E-state index contributed by atoms with van der Waals surface area (Å²) in [5.41, 5.74) is 2.04. The predicted octanol–water partition coefficient (Wildman–Crippen LogP) is 6.76. The summed E-state index contributed by atoms with van der Waals surface area (Å²) in [6, 6.07) is 14.3. The summed E-state index contributed by atoms with van der Waals surface area (Å²) in [6.07, 6.45) is 12.8. The Kier molecular flexibility index (Phi) is 13.8. The number of carbonyl (C=O) groups is 3. The maximum atomic E-state index is 12.4. The lowest BCUT2D eigenvalue weighted by Gasteiger charge is -2.22. The van der Waals surface area contributed by atoms with Gasteiger partial charge in [0.2, 0.25) is 6.29 Å². The third kappa shape index (κ3) is 11.5. The van der Waals surface area contributed by atoms with Gasteiger partial charge in [-0.25, -0.2) is 9.86 Å². The molecule has 0 radical (unpaired) electrons. The number of nitrogens with one attached hydrogen (secondary N) is 1. The van der Waals surface area contributed by atoms with Crippen LogP contribution in [0.2, 0.25) is 0 Å². The summed E-state index contributed by atoms with van der Waals surface area (Å²) in [6.45, 7) is 3.16. The first-order valence-corrected chi connectivity index (χ1v) is 13.4. The van der Waals surface area contributed by atoms with Crippen molar-refractivity contribution in [2.45, 2.75) is 77.7 Å². The van der Waals surface area contributed by atoms with E-state index in [9.17, 15) is 14.4 Å². The third-order valence-electron chi connectivity index (χ3n) is 5.77. The lowest BCUT2D eigenvalue weighted by molar-refractivity contribution is -0.150. The van der Waals surface area contributed by atoms with Gasteiger partial charge in [0.1, 0.15) is 0 Å². The number of hydrogen-bond acceptors (Lipinski definition) is 5. The Bertz CT molecular complexity index is 900. The molecule has 0 unspecified atom stereocenters. The lowest BCUT2D eigenvalue weighted by Crippen LogP contribution is -2.27. The van der Waals surface area contributed by atoms with Crippen molar-refractivity contribution in [3.63, 3.8) is 0 Å². The Labute approximate surface area is 217 Å². The van der Waals surface area contributed by atoms with Gasteiger partial charge >= 0.3 is 5.97 Å². The normalized spacial score (nSPS) is 10.6. The van der Waals surface area contributed by atoms with Gasteiger partial charge in [0, 0.05) is 16.6 Å². The molecular weight excluding hydrogens is 508 g/mol. The highest BCUT2D eigenvalue weighted by Crippen LogP contribution is 2.21. The molecule has 7 heteroatoms. The molecule has 0 saturated carbocycles. The molecule has 0 fully saturated rings. The summed E-state index contributed by atoms with van der Waals surface area (Å²) in [5.74, 6) is -1.07. The molecule has 6 nitrogen and oxygen atoms in total. The number of amides is 1. The van der Waals surface area contributed by atoms with E-state index in [0.29, 0.717) is 17.8 Å². The predicted molar refractivity (Wildman–Crippen MR) is 143 cm³/mol. The molecule has 190 valence electrons. The fourth-order valence-electron chi connectivity index (χ4n) is 3.76. The molecule has 1 N–H and O–H groups in total. The Balaban J connectivity index is 1.74. The van der Waals surface area contributed by atoms with Gasteiger partial charge in [0.15, 0.2) is 0 Å². The SMILES string of the molecule is CCCCCCCCCCCCNC(=O)c1ccc(CN(OC(=O)C=O)c2ccc(Br)cc2)cc1. The second kappa shape index (κ2) is 16.9. The van der Waals surface area contributed by atoms with Crippen molar-refractivity contribution in [1.29, 1.82) is 0 Å². The molecule has 0 bridgehead atoms. The fraction of sp³-hybridized carbons (Fsp3) is 0.464. The largest absolute Gasteiger partial charge is 0.395 e. The van der Waals surface area contributed by atoms with E-state index in [1.165, 1.54) is 56.4 Å². The van der Waals surface area contributed by atoms with E-state index >= 15 is 0 Å². The molecule has 2 aromatic carbocycles. The molecule has 0 aliphatic carbocycles. The Morgan fingerprint density at radius 1 is 0.857 bits per heavy atom. The molecular formula is C28H37BrN2O4. The number of rotatable bonds is 17. The van der Waals surface area contributed by atoms with Crippen molar-refractivity contribution >= 4 is 39.8 Å². The van der Waals surface area contributed by atoms with Gasteiger partial charge in [0.25, 0.3) is 5.91 Å². The summed E-state index contributed by atoms with van der Waals surface area (Å²) in [5, 5.41) is 4.34. The molecule has 2 aromatic rings. The van der Waals surface area contributed by atoms with Crippen LogP contribution in [0.1, 0.15) is 87.1 Å². The number of carbonyl (C=O) groups excluding carboxylic acids is 3. The van der Waals surface area contributed by atoms with E-state index in [0.717, 1.165) is 22.9 Å². The molecule has 35 heavy (non-hydrogen) atoms. The van der Waals surface area contributed by atoms with Crippen LogP contribution in [0, 0.1) is 0 Å². The molecule has 1 amide bonds. The van der Waals surface area contributed by atoms with Gasteiger partial charge in [0.05, 0.1) is 12.2 Å². The summed E-state index contributed by atoms with van der Waals surface area (Å²) >= 11 is 3.37. The molecule has 0 spiro atoms. The van der Waals surface area contributed by atoms with E-state index in [1.807, 2.05) is 24.3 Å². The zero-order valence-corrected chi connectivity index (χ0v) is 22.2. The van der Waals surface area contributed by atoms with Gasteiger partial charge in [-0.15, -0.1) is 0 Å². The number of nitrogens with zero attached hydrogens (tertiary/aromatic N) is 1. The number of hydrogen-bond donors (Lipinski definition) is 1. The highest BCUT2D eigenvalue weighted by Gasteiger charge is 2.14. The molecule has 0 aliphatic rings. The van der Waals surface area contributed by atoms with Crippen LogP contribution < -0.4 is 10.4 Å².